The Morgan fingerprint density at radius 3 is 2.63 bits per heavy atom. The molecule has 0 spiro atoms. The summed E-state index contributed by atoms with van der Waals surface area (Å²) < 4.78 is 1.85. The topological polar surface area (TPSA) is 68.0 Å². The predicted molar refractivity (Wildman–Crippen MR) is 73.3 cm³/mol. The lowest BCUT2D eigenvalue weighted by molar-refractivity contribution is 0.0697. The van der Waals surface area contributed by atoms with Crippen LogP contribution < -0.4 is 0 Å². The maximum atomic E-state index is 11.0. The average molecular weight is 261 g/mol. The third-order valence-corrected chi connectivity index (χ3v) is 3.83. The summed E-state index contributed by atoms with van der Waals surface area (Å²) in [5.74, 6) is -0.414. The smallest absolute Gasteiger partial charge is 0.335 e. The number of fused-ring (bicyclic) bond motifs is 1. The second kappa shape index (κ2) is 5.38. The number of aromatic carboxylic acids is 1. The van der Waals surface area contributed by atoms with Crippen molar-refractivity contribution in [1.29, 1.82) is 0 Å². The molecule has 5 nitrogen and oxygen atoms in total. The Kier molecular flexibility index (Phi) is 3.83. The van der Waals surface area contributed by atoms with Crippen LogP contribution in [0.5, 0.6) is 0 Å². The Bertz CT molecular complexity index is 587. The molecule has 102 valence electrons. The first kappa shape index (κ1) is 13.5. The number of carboxylic acid groups (broad SMARTS) is 1. The molecule has 0 saturated heterocycles. The van der Waals surface area contributed by atoms with E-state index in [-0.39, 0.29) is 11.6 Å². The van der Waals surface area contributed by atoms with Gasteiger partial charge in [-0.3, -0.25) is 0 Å². The Hall–Kier alpha value is -1.91. The molecule has 0 bridgehead atoms. The van der Waals surface area contributed by atoms with Gasteiger partial charge in [0.2, 0.25) is 0 Å². The van der Waals surface area contributed by atoms with Gasteiger partial charge in [-0.1, -0.05) is 31.9 Å². The van der Waals surface area contributed by atoms with Gasteiger partial charge in [-0.25, -0.2) is 9.48 Å². The highest BCUT2D eigenvalue weighted by molar-refractivity contribution is 5.92. The van der Waals surface area contributed by atoms with Crippen molar-refractivity contribution in [3.8, 4) is 0 Å². The molecule has 0 amide bonds. The molecule has 5 heteroatoms. The normalized spacial score (nSPS) is 13.1. The lowest BCUT2D eigenvalue weighted by Crippen LogP contribution is -2.17. The van der Waals surface area contributed by atoms with Crippen molar-refractivity contribution in [2.75, 3.05) is 0 Å². The van der Waals surface area contributed by atoms with Crippen LogP contribution in [-0.2, 0) is 0 Å². The van der Waals surface area contributed by atoms with Gasteiger partial charge in [0.15, 0.2) is 0 Å². The molecular weight excluding hydrogens is 242 g/mol. The average Bonchev–Trinajstić information content (AvgIpc) is 2.82. The number of carboxylic acids is 1. The zero-order valence-corrected chi connectivity index (χ0v) is 11.5. The summed E-state index contributed by atoms with van der Waals surface area (Å²) in [6.07, 6.45) is 2.13. The Balaban J connectivity index is 2.48. The predicted octanol–water partition coefficient (Wildman–Crippen LogP) is 3.13. The quantitative estimate of drug-likeness (QED) is 0.897. The number of hydrogen-bond donors (Lipinski definition) is 1. The summed E-state index contributed by atoms with van der Waals surface area (Å²) >= 11 is 0. The minimum atomic E-state index is -0.926. The molecule has 0 aliphatic carbocycles. The number of carbonyl (C=O) groups is 1. The second-order valence-corrected chi connectivity index (χ2v) is 4.86. The summed E-state index contributed by atoms with van der Waals surface area (Å²) in [6, 6.07) is 5.13. The van der Waals surface area contributed by atoms with Crippen molar-refractivity contribution in [1.82, 2.24) is 15.0 Å². The monoisotopic (exact) mass is 261 g/mol. The van der Waals surface area contributed by atoms with Gasteiger partial charge in [-0.2, -0.15) is 0 Å². The fourth-order valence-corrected chi connectivity index (χ4v) is 2.54. The van der Waals surface area contributed by atoms with Crippen LogP contribution in [0.4, 0.5) is 0 Å². The molecule has 19 heavy (non-hydrogen) atoms. The Labute approximate surface area is 112 Å². The van der Waals surface area contributed by atoms with Crippen LogP contribution in [0.25, 0.3) is 11.0 Å². The zero-order chi connectivity index (χ0) is 14.0. The standard InChI is InChI=1S/C14H19N3O2/c1-4-10(5-2)9(3)17-13-8-11(14(18)19)6-7-12(13)15-16-17/h6-10H,4-5H2,1-3H3,(H,18,19). The van der Waals surface area contributed by atoms with Gasteiger partial charge in [0.1, 0.15) is 5.52 Å². The van der Waals surface area contributed by atoms with Crippen molar-refractivity contribution in [2.45, 2.75) is 39.7 Å². The highest BCUT2D eigenvalue weighted by Gasteiger charge is 2.19. The van der Waals surface area contributed by atoms with Gasteiger partial charge in [-0.05, 0) is 31.0 Å². The van der Waals surface area contributed by atoms with Crippen LogP contribution >= 0.6 is 0 Å². The molecule has 1 atom stereocenters. The second-order valence-electron chi connectivity index (χ2n) is 4.86. The molecule has 0 saturated carbocycles. The van der Waals surface area contributed by atoms with Crippen LogP contribution in [0.2, 0.25) is 0 Å². The molecule has 2 rings (SSSR count). The number of benzene rings is 1. The van der Waals surface area contributed by atoms with Gasteiger partial charge in [0.25, 0.3) is 0 Å². The SMILES string of the molecule is CCC(CC)C(C)n1nnc2ccc(C(=O)O)cc21. The van der Waals surface area contributed by atoms with E-state index < -0.39 is 5.97 Å². The van der Waals surface area contributed by atoms with Gasteiger partial charge in [-0.15, -0.1) is 5.10 Å². The van der Waals surface area contributed by atoms with Crippen molar-refractivity contribution < 1.29 is 9.90 Å². The van der Waals surface area contributed by atoms with E-state index in [2.05, 4.69) is 31.1 Å². The van der Waals surface area contributed by atoms with E-state index in [4.69, 9.17) is 5.11 Å². The molecule has 0 fully saturated rings. The van der Waals surface area contributed by atoms with E-state index in [9.17, 15) is 4.79 Å². The molecule has 1 heterocycles. The molecule has 1 N–H and O–H groups in total. The van der Waals surface area contributed by atoms with Crippen molar-refractivity contribution in [3.05, 3.63) is 23.8 Å². The van der Waals surface area contributed by atoms with E-state index in [0.717, 1.165) is 23.9 Å². The van der Waals surface area contributed by atoms with Gasteiger partial charge >= 0.3 is 5.97 Å². The summed E-state index contributed by atoms with van der Waals surface area (Å²) in [5, 5.41) is 17.4. The molecule has 0 radical (unpaired) electrons. The summed E-state index contributed by atoms with van der Waals surface area (Å²) in [6.45, 7) is 6.43. The first-order valence-corrected chi connectivity index (χ1v) is 6.66. The molecule has 0 aliphatic heterocycles. The zero-order valence-electron chi connectivity index (χ0n) is 11.5. The first-order chi connectivity index (χ1) is 9.08. The molecule has 2 aromatic rings. The highest BCUT2D eigenvalue weighted by atomic mass is 16.4. The Morgan fingerprint density at radius 1 is 1.37 bits per heavy atom. The third kappa shape index (κ3) is 2.45. The summed E-state index contributed by atoms with van der Waals surface area (Å²) in [4.78, 5) is 11.0. The van der Waals surface area contributed by atoms with E-state index in [1.165, 1.54) is 0 Å². The van der Waals surface area contributed by atoms with Crippen molar-refractivity contribution in [2.24, 2.45) is 5.92 Å². The third-order valence-electron chi connectivity index (χ3n) is 3.83. The highest BCUT2D eigenvalue weighted by Crippen LogP contribution is 2.26. The number of aromatic nitrogens is 3. The van der Waals surface area contributed by atoms with E-state index in [1.807, 2.05) is 4.68 Å². The maximum Gasteiger partial charge on any atom is 0.335 e. The summed E-state index contributed by atoms with van der Waals surface area (Å²) in [7, 11) is 0. The molecule has 1 unspecified atom stereocenters. The van der Waals surface area contributed by atoms with Crippen molar-refractivity contribution in [3.63, 3.8) is 0 Å². The van der Waals surface area contributed by atoms with Gasteiger partial charge in [0.05, 0.1) is 17.1 Å². The molecule has 0 aliphatic rings. The lowest BCUT2D eigenvalue weighted by atomic mass is 9.95. The van der Waals surface area contributed by atoms with Crippen molar-refractivity contribution >= 4 is 17.0 Å². The largest absolute Gasteiger partial charge is 0.478 e. The molecule has 1 aromatic heterocycles. The minimum Gasteiger partial charge on any atom is -0.478 e. The summed E-state index contributed by atoms with van der Waals surface area (Å²) in [5.41, 5.74) is 1.80. The van der Waals surface area contributed by atoms with Gasteiger partial charge < -0.3 is 5.11 Å². The fraction of sp³-hybridized carbons (Fsp3) is 0.500. The molecular formula is C14H19N3O2. The fourth-order valence-electron chi connectivity index (χ4n) is 2.54. The van der Waals surface area contributed by atoms with Crippen LogP contribution in [0.15, 0.2) is 18.2 Å². The number of nitrogens with zero attached hydrogens (tertiary/aromatic N) is 3. The first-order valence-electron chi connectivity index (χ1n) is 6.66. The van der Waals surface area contributed by atoms with E-state index in [0.29, 0.717) is 5.92 Å². The van der Waals surface area contributed by atoms with Gasteiger partial charge in [0, 0.05) is 0 Å². The van der Waals surface area contributed by atoms with Crippen LogP contribution in [-0.4, -0.2) is 26.1 Å². The minimum absolute atomic E-state index is 0.212. The number of hydrogen-bond acceptors (Lipinski definition) is 3. The lowest BCUT2D eigenvalue weighted by Gasteiger charge is -2.21. The van der Waals surface area contributed by atoms with Crippen LogP contribution in [0.3, 0.4) is 0 Å². The van der Waals surface area contributed by atoms with E-state index in [1.54, 1.807) is 18.2 Å². The Morgan fingerprint density at radius 2 is 2.05 bits per heavy atom. The number of rotatable bonds is 5. The van der Waals surface area contributed by atoms with Crippen LogP contribution in [0.1, 0.15) is 50.0 Å². The van der Waals surface area contributed by atoms with Crippen LogP contribution in [0, 0.1) is 5.92 Å². The molecule has 1 aromatic carbocycles. The van der Waals surface area contributed by atoms with E-state index >= 15 is 0 Å². The maximum absolute atomic E-state index is 11.0.